The molecule has 0 aliphatic carbocycles. The Bertz CT molecular complexity index is 409. The molecule has 3 nitrogen and oxygen atoms in total. The monoisotopic (exact) mass is 290 g/mol. The number of hydrogen-bond acceptors (Lipinski definition) is 3. The first-order valence-electron chi connectivity index (χ1n) is 8.13. The Morgan fingerprint density at radius 2 is 2.05 bits per heavy atom. The van der Waals surface area contributed by atoms with Crippen LogP contribution in [0, 0.1) is 11.8 Å². The summed E-state index contributed by atoms with van der Waals surface area (Å²) in [5, 5.41) is 3.48. The van der Waals surface area contributed by atoms with Crippen LogP contribution in [0.3, 0.4) is 0 Å². The van der Waals surface area contributed by atoms with E-state index in [-0.39, 0.29) is 0 Å². The molecule has 0 radical (unpaired) electrons. The molecule has 1 saturated heterocycles. The van der Waals surface area contributed by atoms with Crippen molar-refractivity contribution < 1.29 is 4.74 Å². The molecular weight excluding hydrogens is 260 g/mol. The predicted octanol–water partition coefficient (Wildman–Crippen LogP) is 2.94. The number of nitrogens with one attached hydrogen (secondary N) is 1. The standard InChI is InChI=1S/C18H30N2O/c1-14-10-11-20(13-17(14)21-4)12-15(2)18(19-3)16-8-6-5-7-9-16/h5-9,14-15,17-19H,10-13H2,1-4H3. The van der Waals surface area contributed by atoms with E-state index >= 15 is 0 Å². The first kappa shape index (κ1) is 16.5. The quantitative estimate of drug-likeness (QED) is 0.872. The highest BCUT2D eigenvalue weighted by Crippen LogP contribution is 2.25. The first-order chi connectivity index (χ1) is 10.2. The van der Waals surface area contributed by atoms with Gasteiger partial charge in [-0.05, 0) is 37.4 Å². The lowest BCUT2D eigenvalue weighted by Crippen LogP contribution is -2.46. The molecule has 0 spiro atoms. The van der Waals surface area contributed by atoms with Gasteiger partial charge in [0, 0.05) is 26.2 Å². The van der Waals surface area contributed by atoms with Crippen molar-refractivity contribution in [2.45, 2.75) is 32.4 Å². The lowest BCUT2D eigenvalue weighted by Gasteiger charge is -2.38. The lowest BCUT2D eigenvalue weighted by atomic mass is 9.91. The van der Waals surface area contributed by atoms with Crippen LogP contribution in [0.5, 0.6) is 0 Å². The summed E-state index contributed by atoms with van der Waals surface area (Å²) >= 11 is 0. The second kappa shape index (κ2) is 7.92. The molecular formula is C18H30N2O. The molecule has 1 fully saturated rings. The van der Waals surface area contributed by atoms with Crippen molar-refractivity contribution >= 4 is 0 Å². The summed E-state index contributed by atoms with van der Waals surface area (Å²) in [5.74, 6) is 1.25. The van der Waals surface area contributed by atoms with E-state index in [4.69, 9.17) is 4.74 Å². The predicted molar refractivity (Wildman–Crippen MR) is 88.4 cm³/mol. The van der Waals surface area contributed by atoms with E-state index in [1.54, 1.807) is 0 Å². The molecule has 1 aromatic carbocycles. The fourth-order valence-electron chi connectivity index (χ4n) is 3.52. The summed E-state index contributed by atoms with van der Waals surface area (Å²) in [6.07, 6.45) is 1.62. The Kier molecular flexibility index (Phi) is 6.22. The summed E-state index contributed by atoms with van der Waals surface area (Å²) in [5.41, 5.74) is 1.38. The van der Waals surface area contributed by atoms with Gasteiger partial charge in [-0.3, -0.25) is 0 Å². The Hall–Kier alpha value is -0.900. The van der Waals surface area contributed by atoms with Gasteiger partial charge in [-0.1, -0.05) is 44.2 Å². The number of benzene rings is 1. The van der Waals surface area contributed by atoms with E-state index in [1.165, 1.54) is 18.5 Å². The average molecular weight is 290 g/mol. The van der Waals surface area contributed by atoms with Crippen LogP contribution >= 0.6 is 0 Å². The summed E-state index contributed by atoms with van der Waals surface area (Å²) in [6.45, 7) is 8.01. The highest BCUT2D eigenvalue weighted by Gasteiger charge is 2.28. The largest absolute Gasteiger partial charge is 0.380 e. The average Bonchev–Trinajstić information content (AvgIpc) is 2.51. The molecule has 1 heterocycles. The smallest absolute Gasteiger partial charge is 0.0724 e. The van der Waals surface area contributed by atoms with Crippen LogP contribution < -0.4 is 5.32 Å². The normalized spacial score (nSPS) is 26.5. The molecule has 1 aliphatic rings. The van der Waals surface area contributed by atoms with Gasteiger partial charge in [-0.25, -0.2) is 0 Å². The van der Waals surface area contributed by atoms with E-state index < -0.39 is 0 Å². The van der Waals surface area contributed by atoms with E-state index in [9.17, 15) is 0 Å². The Balaban J connectivity index is 1.95. The molecule has 0 aromatic heterocycles. The number of hydrogen-bond donors (Lipinski definition) is 1. The summed E-state index contributed by atoms with van der Waals surface area (Å²) in [6, 6.07) is 11.2. The highest BCUT2D eigenvalue weighted by molar-refractivity contribution is 5.19. The number of ether oxygens (including phenoxy) is 1. The van der Waals surface area contributed by atoms with Gasteiger partial charge in [0.1, 0.15) is 0 Å². The number of rotatable bonds is 6. The van der Waals surface area contributed by atoms with Crippen molar-refractivity contribution in [2.24, 2.45) is 11.8 Å². The van der Waals surface area contributed by atoms with Gasteiger partial charge in [-0.15, -0.1) is 0 Å². The number of piperidine rings is 1. The second-order valence-electron chi connectivity index (χ2n) is 6.45. The van der Waals surface area contributed by atoms with Gasteiger partial charge in [0.15, 0.2) is 0 Å². The van der Waals surface area contributed by atoms with Crippen molar-refractivity contribution in [3.05, 3.63) is 35.9 Å². The zero-order chi connectivity index (χ0) is 15.2. The molecule has 0 bridgehead atoms. The number of methoxy groups -OCH3 is 1. The van der Waals surface area contributed by atoms with Gasteiger partial charge in [0.2, 0.25) is 0 Å². The molecule has 1 N–H and O–H groups in total. The number of nitrogens with zero attached hydrogens (tertiary/aromatic N) is 1. The summed E-state index contributed by atoms with van der Waals surface area (Å²) in [7, 11) is 3.90. The van der Waals surface area contributed by atoms with Crippen LogP contribution in [0.25, 0.3) is 0 Å². The fraction of sp³-hybridized carbons (Fsp3) is 0.667. The van der Waals surface area contributed by atoms with Crippen LogP contribution in [0.15, 0.2) is 30.3 Å². The van der Waals surface area contributed by atoms with Crippen molar-refractivity contribution in [3.63, 3.8) is 0 Å². The molecule has 0 amide bonds. The van der Waals surface area contributed by atoms with Crippen LogP contribution in [-0.4, -0.2) is 44.8 Å². The molecule has 1 aliphatic heterocycles. The Labute approximate surface area is 129 Å². The second-order valence-corrected chi connectivity index (χ2v) is 6.45. The van der Waals surface area contributed by atoms with E-state index in [0.29, 0.717) is 24.0 Å². The van der Waals surface area contributed by atoms with Crippen LogP contribution in [0.4, 0.5) is 0 Å². The minimum atomic E-state index is 0.385. The fourth-order valence-corrected chi connectivity index (χ4v) is 3.52. The third-order valence-corrected chi connectivity index (χ3v) is 4.86. The molecule has 3 heteroatoms. The van der Waals surface area contributed by atoms with Crippen LogP contribution in [0.1, 0.15) is 31.9 Å². The van der Waals surface area contributed by atoms with Gasteiger partial charge in [0.05, 0.1) is 6.10 Å². The van der Waals surface area contributed by atoms with Gasteiger partial charge < -0.3 is 15.0 Å². The maximum atomic E-state index is 5.63. The first-order valence-corrected chi connectivity index (χ1v) is 8.13. The maximum absolute atomic E-state index is 5.63. The molecule has 4 atom stereocenters. The van der Waals surface area contributed by atoms with Crippen molar-refractivity contribution in [2.75, 3.05) is 33.8 Å². The third kappa shape index (κ3) is 4.29. The van der Waals surface area contributed by atoms with Gasteiger partial charge in [-0.2, -0.15) is 0 Å². The lowest BCUT2D eigenvalue weighted by molar-refractivity contribution is -0.00998. The minimum absolute atomic E-state index is 0.385. The van der Waals surface area contributed by atoms with Crippen LogP contribution in [0.2, 0.25) is 0 Å². The maximum Gasteiger partial charge on any atom is 0.0724 e. The Morgan fingerprint density at radius 1 is 1.33 bits per heavy atom. The molecule has 1 aromatic rings. The highest BCUT2D eigenvalue weighted by atomic mass is 16.5. The SMILES string of the molecule is CNC(c1ccccc1)C(C)CN1CCC(C)C(OC)C1. The molecule has 4 unspecified atom stereocenters. The number of likely N-dealkylation sites (tertiary alicyclic amines) is 1. The van der Waals surface area contributed by atoms with E-state index in [0.717, 1.165) is 13.1 Å². The van der Waals surface area contributed by atoms with Crippen LogP contribution in [-0.2, 0) is 4.74 Å². The third-order valence-electron chi connectivity index (χ3n) is 4.86. The van der Waals surface area contributed by atoms with Crippen molar-refractivity contribution in [1.82, 2.24) is 10.2 Å². The summed E-state index contributed by atoms with van der Waals surface area (Å²) < 4.78 is 5.63. The topological polar surface area (TPSA) is 24.5 Å². The molecule has 21 heavy (non-hydrogen) atoms. The van der Waals surface area contributed by atoms with Crippen molar-refractivity contribution in [1.29, 1.82) is 0 Å². The van der Waals surface area contributed by atoms with E-state index in [1.807, 2.05) is 7.11 Å². The van der Waals surface area contributed by atoms with E-state index in [2.05, 4.69) is 61.4 Å². The summed E-state index contributed by atoms with van der Waals surface area (Å²) in [4.78, 5) is 2.56. The van der Waals surface area contributed by atoms with Crippen molar-refractivity contribution in [3.8, 4) is 0 Å². The Morgan fingerprint density at radius 3 is 2.67 bits per heavy atom. The minimum Gasteiger partial charge on any atom is -0.380 e. The molecule has 2 rings (SSSR count). The zero-order valence-corrected chi connectivity index (χ0v) is 13.9. The van der Waals surface area contributed by atoms with Gasteiger partial charge in [0.25, 0.3) is 0 Å². The zero-order valence-electron chi connectivity index (χ0n) is 13.9. The van der Waals surface area contributed by atoms with Gasteiger partial charge >= 0.3 is 0 Å². The molecule has 0 saturated carbocycles. The molecule has 118 valence electrons.